The fraction of sp³-hybridized carbons (Fsp3) is 0.632. The lowest BCUT2D eigenvalue weighted by molar-refractivity contribution is 0.0938. The topological polar surface area (TPSA) is 79.0 Å². The van der Waals surface area contributed by atoms with Crippen molar-refractivity contribution in [2.75, 3.05) is 51.5 Å². The van der Waals surface area contributed by atoms with E-state index in [1.165, 1.54) is 13.2 Å². The second-order valence-corrected chi connectivity index (χ2v) is 9.20. The average Bonchev–Trinajstić information content (AvgIpc) is 3.12. The lowest BCUT2D eigenvalue weighted by atomic mass is 10.1. The molecular formula is C19H31N3O4S. The maximum Gasteiger partial charge on any atom is 0.255 e. The van der Waals surface area contributed by atoms with Crippen molar-refractivity contribution >= 4 is 21.4 Å². The molecule has 1 amide bonds. The van der Waals surface area contributed by atoms with Crippen LogP contribution in [0.15, 0.2) is 17.0 Å². The van der Waals surface area contributed by atoms with Crippen molar-refractivity contribution in [3.05, 3.63) is 17.7 Å². The van der Waals surface area contributed by atoms with E-state index in [0.717, 1.165) is 25.9 Å². The molecule has 0 bridgehead atoms. The van der Waals surface area contributed by atoms with Crippen LogP contribution in [0.25, 0.3) is 0 Å². The molecule has 0 unspecified atom stereocenters. The number of methoxy groups -OCH3 is 1. The summed E-state index contributed by atoms with van der Waals surface area (Å²) < 4.78 is 30.5. The Morgan fingerprint density at radius 3 is 2.59 bits per heavy atom. The lowest BCUT2D eigenvalue weighted by Gasteiger charge is -2.23. The van der Waals surface area contributed by atoms with Crippen molar-refractivity contribution in [2.45, 2.75) is 37.6 Å². The van der Waals surface area contributed by atoms with Gasteiger partial charge in [-0.15, -0.1) is 0 Å². The van der Waals surface area contributed by atoms with Gasteiger partial charge in [-0.05, 0) is 32.0 Å². The zero-order valence-electron chi connectivity index (χ0n) is 16.9. The summed E-state index contributed by atoms with van der Waals surface area (Å²) in [7, 11) is 1.53. The number of benzene rings is 1. The molecule has 1 N–H and O–H groups in total. The van der Waals surface area contributed by atoms with E-state index in [4.69, 9.17) is 4.74 Å². The molecule has 1 heterocycles. The van der Waals surface area contributed by atoms with E-state index < -0.39 is 9.84 Å². The number of hydrogen-bond acceptors (Lipinski definition) is 6. The number of likely N-dealkylation sites (N-methyl/N-ethyl adjacent to an activating group) is 1. The lowest BCUT2D eigenvalue weighted by Crippen LogP contribution is -2.40. The summed E-state index contributed by atoms with van der Waals surface area (Å²) in [6.45, 7) is 6.27. The van der Waals surface area contributed by atoms with E-state index in [1.807, 2.05) is 0 Å². The van der Waals surface area contributed by atoms with Gasteiger partial charge in [-0.2, -0.15) is 0 Å². The average molecular weight is 398 g/mol. The molecule has 0 saturated carbocycles. The number of amides is 1. The van der Waals surface area contributed by atoms with Crippen LogP contribution in [0.2, 0.25) is 0 Å². The zero-order chi connectivity index (χ0) is 20.2. The van der Waals surface area contributed by atoms with E-state index in [-0.39, 0.29) is 22.1 Å². The van der Waals surface area contributed by atoms with E-state index in [1.54, 1.807) is 32.0 Å². The standard InChI is InChI=1S/C19H31N3O4S/c1-6-22-10-8-9-14(22)13-20-19(23)15-11-18(27(24,25)7-2)16(21(3)4)12-17(15)26-5/h11-12,14H,6-10,13H2,1-5H3,(H,20,23)/t14-/m1/s1. The number of sulfone groups is 1. The third-order valence-corrected chi connectivity index (χ3v) is 6.88. The number of nitrogens with one attached hydrogen (secondary N) is 1. The van der Waals surface area contributed by atoms with E-state index in [2.05, 4.69) is 17.1 Å². The molecule has 0 spiro atoms. The molecule has 2 rings (SSSR count). The molecule has 1 saturated heterocycles. The molecule has 152 valence electrons. The second kappa shape index (κ2) is 8.93. The fourth-order valence-electron chi connectivity index (χ4n) is 3.50. The van der Waals surface area contributed by atoms with Gasteiger partial charge in [0.05, 0.1) is 29.0 Å². The summed E-state index contributed by atoms with van der Waals surface area (Å²) in [5.41, 5.74) is 0.759. The van der Waals surface area contributed by atoms with Gasteiger partial charge in [0.15, 0.2) is 9.84 Å². The van der Waals surface area contributed by atoms with Crippen molar-refractivity contribution in [1.82, 2.24) is 10.2 Å². The van der Waals surface area contributed by atoms with Crippen LogP contribution in [-0.2, 0) is 9.84 Å². The van der Waals surface area contributed by atoms with Gasteiger partial charge in [0.25, 0.3) is 5.91 Å². The van der Waals surface area contributed by atoms with Crippen LogP contribution >= 0.6 is 0 Å². The summed E-state index contributed by atoms with van der Waals surface area (Å²) in [6, 6.07) is 3.38. The van der Waals surface area contributed by atoms with Crippen molar-refractivity contribution in [1.29, 1.82) is 0 Å². The first-order valence-corrected chi connectivity index (χ1v) is 11.0. The van der Waals surface area contributed by atoms with E-state index in [0.29, 0.717) is 24.0 Å². The number of carbonyl (C=O) groups is 1. The number of anilines is 1. The van der Waals surface area contributed by atoms with Gasteiger partial charge in [-0.3, -0.25) is 9.69 Å². The van der Waals surface area contributed by atoms with Crippen LogP contribution in [0.4, 0.5) is 5.69 Å². The minimum Gasteiger partial charge on any atom is -0.496 e. The molecule has 27 heavy (non-hydrogen) atoms. The molecule has 1 aliphatic rings. The molecule has 8 heteroatoms. The van der Waals surface area contributed by atoms with Gasteiger partial charge in [0.1, 0.15) is 5.75 Å². The Labute approximate surface area is 162 Å². The van der Waals surface area contributed by atoms with Gasteiger partial charge in [-0.25, -0.2) is 8.42 Å². The molecule has 1 atom stereocenters. The highest BCUT2D eigenvalue weighted by Gasteiger charge is 2.26. The molecule has 7 nitrogen and oxygen atoms in total. The summed E-state index contributed by atoms with van der Waals surface area (Å²) in [5.74, 6) is 0.0204. The Balaban J connectivity index is 2.34. The van der Waals surface area contributed by atoms with Crippen molar-refractivity contribution in [2.24, 2.45) is 0 Å². The highest BCUT2D eigenvalue weighted by molar-refractivity contribution is 7.91. The number of nitrogens with zero attached hydrogens (tertiary/aromatic N) is 2. The smallest absolute Gasteiger partial charge is 0.255 e. The predicted octanol–water partition coefficient (Wildman–Crippen LogP) is 1.77. The number of carbonyl (C=O) groups excluding carboxylic acids is 1. The van der Waals surface area contributed by atoms with Crippen LogP contribution in [0.5, 0.6) is 5.75 Å². The van der Waals surface area contributed by atoms with Gasteiger partial charge in [0, 0.05) is 32.7 Å². The Bertz CT molecular complexity index is 777. The summed E-state index contributed by atoms with van der Waals surface area (Å²) in [6.07, 6.45) is 2.19. The normalized spacial score (nSPS) is 17.7. The van der Waals surface area contributed by atoms with Crippen molar-refractivity contribution in [3.8, 4) is 5.75 Å². The first kappa shape index (κ1) is 21.5. The maximum absolute atomic E-state index is 12.8. The second-order valence-electron chi connectivity index (χ2n) is 6.95. The van der Waals surface area contributed by atoms with Crippen molar-refractivity contribution < 1.29 is 17.9 Å². The molecule has 1 aliphatic heterocycles. The van der Waals surface area contributed by atoms with E-state index >= 15 is 0 Å². The van der Waals surface area contributed by atoms with Crippen molar-refractivity contribution in [3.63, 3.8) is 0 Å². The largest absolute Gasteiger partial charge is 0.496 e. The third kappa shape index (κ3) is 4.73. The molecular weight excluding hydrogens is 366 g/mol. The van der Waals surface area contributed by atoms with E-state index in [9.17, 15) is 13.2 Å². The quantitative estimate of drug-likeness (QED) is 0.720. The van der Waals surface area contributed by atoms with Gasteiger partial charge < -0.3 is 15.0 Å². The summed E-state index contributed by atoms with van der Waals surface area (Å²) in [4.78, 5) is 17.0. The summed E-state index contributed by atoms with van der Waals surface area (Å²) >= 11 is 0. The Kier molecular flexibility index (Phi) is 7.11. The minimum atomic E-state index is -3.48. The number of likely N-dealkylation sites (tertiary alicyclic amines) is 1. The van der Waals surface area contributed by atoms with Crippen LogP contribution in [0.1, 0.15) is 37.0 Å². The molecule has 0 aliphatic carbocycles. The monoisotopic (exact) mass is 397 g/mol. The molecule has 0 radical (unpaired) electrons. The molecule has 0 aromatic heterocycles. The highest BCUT2D eigenvalue weighted by Crippen LogP contribution is 2.33. The Morgan fingerprint density at radius 2 is 2.04 bits per heavy atom. The third-order valence-electron chi connectivity index (χ3n) is 5.13. The number of hydrogen-bond donors (Lipinski definition) is 1. The molecule has 1 aromatic carbocycles. The van der Waals surface area contributed by atoms with Gasteiger partial charge >= 0.3 is 0 Å². The highest BCUT2D eigenvalue weighted by atomic mass is 32.2. The molecule has 1 aromatic rings. The first-order valence-electron chi connectivity index (χ1n) is 9.39. The Morgan fingerprint density at radius 1 is 1.33 bits per heavy atom. The SMILES string of the molecule is CCN1CCC[C@@H]1CNC(=O)c1cc(S(=O)(=O)CC)c(N(C)C)cc1OC. The zero-order valence-corrected chi connectivity index (χ0v) is 17.7. The van der Waals surface area contributed by atoms with Crippen LogP contribution in [0.3, 0.4) is 0 Å². The minimum absolute atomic E-state index is 0.0330. The van der Waals surface area contributed by atoms with Crippen LogP contribution in [-0.4, -0.2) is 71.9 Å². The maximum atomic E-state index is 12.8. The van der Waals surface area contributed by atoms with Crippen LogP contribution < -0.4 is 15.0 Å². The Hall–Kier alpha value is -1.80. The molecule has 1 fully saturated rings. The fourth-order valence-corrected chi connectivity index (χ4v) is 4.67. The summed E-state index contributed by atoms with van der Waals surface area (Å²) in [5, 5.41) is 2.96. The number of rotatable bonds is 8. The first-order chi connectivity index (χ1) is 12.7. The number of ether oxygens (including phenoxy) is 1. The van der Waals surface area contributed by atoms with Crippen LogP contribution in [0, 0.1) is 0 Å². The predicted molar refractivity (Wildman–Crippen MR) is 108 cm³/mol. The van der Waals surface area contributed by atoms with Gasteiger partial charge in [0.2, 0.25) is 0 Å². The van der Waals surface area contributed by atoms with Gasteiger partial charge in [-0.1, -0.05) is 13.8 Å².